The van der Waals surface area contributed by atoms with Crippen molar-refractivity contribution in [2.45, 2.75) is 13.5 Å². The Morgan fingerprint density at radius 3 is 2.70 bits per heavy atom. The van der Waals surface area contributed by atoms with E-state index in [0.29, 0.717) is 12.1 Å². The highest BCUT2D eigenvalue weighted by Crippen LogP contribution is 2.19. The van der Waals surface area contributed by atoms with Gasteiger partial charge in [0.05, 0.1) is 10.6 Å². The molecule has 2 aromatic rings. The molecule has 0 saturated heterocycles. The summed E-state index contributed by atoms with van der Waals surface area (Å²) < 4.78 is 1.47. The molecule has 104 valence electrons. The van der Waals surface area contributed by atoms with Crippen molar-refractivity contribution in [3.05, 3.63) is 68.1 Å². The number of aryl methyl sites for hydroxylation is 2. The Morgan fingerprint density at radius 1 is 1.30 bits per heavy atom. The molecule has 0 saturated carbocycles. The zero-order valence-corrected chi connectivity index (χ0v) is 11.3. The fourth-order valence-electron chi connectivity index (χ4n) is 1.86. The molecule has 6 heteroatoms. The van der Waals surface area contributed by atoms with Gasteiger partial charge in [0, 0.05) is 37.5 Å². The second-order valence-corrected chi connectivity index (χ2v) is 4.60. The summed E-state index contributed by atoms with van der Waals surface area (Å²) in [5, 5.41) is 14.0. The number of hydrogen-bond acceptors (Lipinski definition) is 4. The van der Waals surface area contributed by atoms with Crippen LogP contribution in [0.15, 0.2) is 41.3 Å². The molecular weight excluding hydrogens is 258 g/mol. The van der Waals surface area contributed by atoms with Crippen LogP contribution in [0.25, 0.3) is 0 Å². The Bertz CT molecular complexity index is 707. The Morgan fingerprint density at radius 2 is 2.05 bits per heavy atom. The molecule has 1 aromatic heterocycles. The largest absolute Gasteiger partial charge is 0.380 e. The van der Waals surface area contributed by atoms with Gasteiger partial charge in [-0.2, -0.15) is 0 Å². The number of hydrogen-bond donors (Lipinski definition) is 1. The first kappa shape index (κ1) is 13.8. The van der Waals surface area contributed by atoms with Gasteiger partial charge in [0.2, 0.25) is 5.56 Å². The van der Waals surface area contributed by atoms with E-state index in [9.17, 15) is 14.9 Å². The maximum atomic E-state index is 11.3. The average molecular weight is 273 g/mol. The smallest absolute Gasteiger partial charge is 0.272 e. The predicted octanol–water partition coefficient (Wildman–Crippen LogP) is 2.21. The normalized spacial score (nSPS) is 10.3. The first-order valence-electron chi connectivity index (χ1n) is 6.12. The first-order valence-corrected chi connectivity index (χ1v) is 6.12. The molecule has 2 rings (SSSR count). The van der Waals surface area contributed by atoms with E-state index in [1.807, 2.05) is 6.07 Å². The molecule has 1 N–H and O–H groups in total. The van der Waals surface area contributed by atoms with E-state index in [4.69, 9.17) is 0 Å². The zero-order valence-electron chi connectivity index (χ0n) is 11.3. The lowest BCUT2D eigenvalue weighted by Gasteiger charge is -2.08. The summed E-state index contributed by atoms with van der Waals surface area (Å²) in [6.07, 6.45) is 1.69. The second kappa shape index (κ2) is 5.56. The molecule has 0 bridgehead atoms. The monoisotopic (exact) mass is 273 g/mol. The van der Waals surface area contributed by atoms with Gasteiger partial charge in [-0.25, -0.2) is 0 Å². The zero-order chi connectivity index (χ0) is 14.7. The molecule has 1 heterocycles. The fourth-order valence-corrected chi connectivity index (χ4v) is 1.86. The summed E-state index contributed by atoms with van der Waals surface area (Å²) in [5.41, 5.74) is 2.28. The molecule has 0 aliphatic heterocycles. The molecule has 0 spiro atoms. The molecule has 6 nitrogen and oxygen atoms in total. The fraction of sp³-hybridized carbons (Fsp3) is 0.214. The van der Waals surface area contributed by atoms with Crippen LogP contribution in [0, 0.1) is 17.0 Å². The van der Waals surface area contributed by atoms with E-state index in [1.54, 1.807) is 38.4 Å². The molecule has 0 radical (unpaired) electrons. The molecule has 0 amide bonds. The molecule has 0 atom stereocenters. The highest BCUT2D eigenvalue weighted by atomic mass is 16.6. The van der Waals surface area contributed by atoms with Gasteiger partial charge in [0.1, 0.15) is 0 Å². The Kier molecular flexibility index (Phi) is 3.84. The number of aromatic nitrogens is 1. The van der Waals surface area contributed by atoms with Crippen LogP contribution in [0.4, 0.5) is 11.4 Å². The minimum atomic E-state index is -0.384. The third-order valence-corrected chi connectivity index (χ3v) is 3.05. The lowest BCUT2D eigenvalue weighted by Crippen LogP contribution is -2.15. The van der Waals surface area contributed by atoms with Gasteiger partial charge < -0.3 is 9.88 Å². The summed E-state index contributed by atoms with van der Waals surface area (Å²) in [4.78, 5) is 21.8. The maximum absolute atomic E-state index is 11.3. The van der Waals surface area contributed by atoms with Gasteiger partial charge in [-0.3, -0.25) is 14.9 Å². The van der Waals surface area contributed by atoms with Crippen LogP contribution in [0.5, 0.6) is 0 Å². The SMILES string of the molecule is Cc1ccc(CNc2ccc(=O)n(C)c2)cc1[N+](=O)[O-]. The minimum Gasteiger partial charge on any atom is -0.380 e. The van der Waals surface area contributed by atoms with Gasteiger partial charge in [-0.05, 0) is 18.6 Å². The molecule has 0 fully saturated rings. The van der Waals surface area contributed by atoms with Crippen molar-refractivity contribution < 1.29 is 4.92 Å². The summed E-state index contributed by atoms with van der Waals surface area (Å²) in [6.45, 7) is 2.17. The van der Waals surface area contributed by atoms with Gasteiger partial charge in [0.15, 0.2) is 0 Å². The summed E-state index contributed by atoms with van der Waals surface area (Å²) in [7, 11) is 1.67. The highest BCUT2D eigenvalue weighted by Gasteiger charge is 2.10. The van der Waals surface area contributed by atoms with E-state index < -0.39 is 0 Å². The van der Waals surface area contributed by atoms with E-state index in [2.05, 4.69) is 5.32 Å². The number of rotatable bonds is 4. The van der Waals surface area contributed by atoms with Crippen LogP contribution in [0.1, 0.15) is 11.1 Å². The average Bonchev–Trinajstić information content (AvgIpc) is 2.41. The minimum absolute atomic E-state index is 0.0819. The van der Waals surface area contributed by atoms with Crippen molar-refractivity contribution in [1.82, 2.24) is 4.57 Å². The number of nitrogens with zero attached hydrogens (tertiary/aromatic N) is 2. The van der Waals surface area contributed by atoms with Crippen LogP contribution >= 0.6 is 0 Å². The Hall–Kier alpha value is -2.63. The van der Waals surface area contributed by atoms with Gasteiger partial charge in [0.25, 0.3) is 5.69 Å². The van der Waals surface area contributed by atoms with E-state index in [-0.39, 0.29) is 16.2 Å². The van der Waals surface area contributed by atoms with Crippen LogP contribution < -0.4 is 10.9 Å². The number of nitrogens with one attached hydrogen (secondary N) is 1. The highest BCUT2D eigenvalue weighted by molar-refractivity contribution is 5.45. The number of nitro benzene ring substituents is 1. The van der Waals surface area contributed by atoms with E-state index >= 15 is 0 Å². The third-order valence-electron chi connectivity index (χ3n) is 3.05. The van der Waals surface area contributed by atoms with Crippen LogP contribution in [-0.4, -0.2) is 9.49 Å². The molecule has 20 heavy (non-hydrogen) atoms. The summed E-state index contributed by atoms with van der Waals surface area (Å²) >= 11 is 0. The van der Waals surface area contributed by atoms with E-state index in [0.717, 1.165) is 11.3 Å². The molecule has 0 aliphatic rings. The lowest BCUT2D eigenvalue weighted by molar-refractivity contribution is -0.385. The first-order chi connectivity index (χ1) is 9.47. The maximum Gasteiger partial charge on any atom is 0.272 e. The third kappa shape index (κ3) is 3.03. The standard InChI is InChI=1S/C14H15N3O3/c1-10-3-4-11(7-13(10)17(19)20)8-15-12-5-6-14(18)16(2)9-12/h3-7,9,15H,8H2,1-2H3. The van der Waals surface area contributed by atoms with Gasteiger partial charge >= 0.3 is 0 Å². The second-order valence-electron chi connectivity index (χ2n) is 4.60. The molecule has 1 aromatic carbocycles. The lowest BCUT2D eigenvalue weighted by atomic mass is 10.1. The van der Waals surface area contributed by atoms with Crippen molar-refractivity contribution in [3.63, 3.8) is 0 Å². The molecular formula is C14H15N3O3. The van der Waals surface area contributed by atoms with Crippen molar-refractivity contribution in [2.75, 3.05) is 5.32 Å². The van der Waals surface area contributed by atoms with Gasteiger partial charge in [-0.15, -0.1) is 0 Å². The predicted molar refractivity (Wildman–Crippen MR) is 76.8 cm³/mol. The van der Waals surface area contributed by atoms with Crippen molar-refractivity contribution in [2.24, 2.45) is 7.05 Å². The van der Waals surface area contributed by atoms with Crippen molar-refractivity contribution >= 4 is 11.4 Å². The number of benzene rings is 1. The summed E-state index contributed by atoms with van der Waals surface area (Å²) in [6, 6.07) is 8.29. The van der Waals surface area contributed by atoms with E-state index in [1.165, 1.54) is 10.6 Å². The van der Waals surface area contributed by atoms with Crippen LogP contribution in [-0.2, 0) is 13.6 Å². The number of pyridine rings is 1. The molecule has 0 aliphatic carbocycles. The Labute approximate surface area is 115 Å². The number of anilines is 1. The molecule has 0 unspecified atom stereocenters. The topological polar surface area (TPSA) is 77.2 Å². The number of nitro groups is 1. The summed E-state index contributed by atoms with van der Waals surface area (Å²) in [5.74, 6) is 0. The Balaban J connectivity index is 2.14. The van der Waals surface area contributed by atoms with Crippen LogP contribution in [0.3, 0.4) is 0 Å². The quantitative estimate of drug-likeness (QED) is 0.684. The van der Waals surface area contributed by atoms with Gasteiger partial charge in [-0.1, -0.05) is 12.1 Å². The van der Waals surface area contributed by atoms with Crippen LogP contribution in [0.2, 0.25) is 0 Å². The van der Waals surface area contributed by atoms with Crippen molar-refractivity contribution in [1.29, 1.82) is 0 Å². The van der Waals surface area contributed by atoms with Crippen molar-refractivity contribution in [3.8, 4) is 0 Å².